The van der Waals surface area contributed by atoms with E-state index in [9.17, 15) is 39.5 Å². The molecule has 0 N–H and O–H groups in total. The Hall–Kier alpha value is -0.630. The number of halogens is 9. The third-order valence-corrected chi connectivity index (χ3v) is 1.99. The van der Waals surface area contributed by atoms with Crippen LogP contribution in [0.25, 0.3) is 0 Å². The Bertz CT molecular complexity index is 261. The monoisotopic (exact) mass is 276 g/mol. The first kappa shape index (κ1) is 16.4. The summed E-state index contributed by atoms with van der Waals surface area (Å²) >= 11 is 0. The molecule has 0 amide bonds. The van der Waals surface area contributed by atoms with Crippen molar-refractivity contribution >= 4 is 0 Å². The van der Waals surface area contributed by atoms with Crippen molar-refractivity contribution in [3.05, 3.63) is 0 Å². The fraction of sp³-hybridized carbons (Fsp3) is 1.00. The molecule has 0 aromatic rings. The van der Waals surface area contributed by atoms with Gasteiger partial charge in [0.2, 0.25) is 0 Å². The second kappa shape index (κ2) is 4.24. The fourth-order valence-electron chi connectivity index (χ4n) is 1.21. The predicted molar refractivity (Wildman–Crippen MR) is 40.4 cm³/mol. The Labute approximate surface area is 90.8 Å². The van der Waals surface area contributed by atoms with Gasteiger partial charge in [0.25, 0.3) is 5.67 Å². The maximum atomic E-state index is 13.2. The lowest BCUT2D eigenvalue weighted by Gasteiger charge is -2.36. The Morgan fingerprint density at radius 1 is 0.706 bits per heavy atom. The molecule has 17 heavy (non-hydrogen) atoms. The molecule has 0 rings (SSSR count). The summed E-state index contributed by atoms with van der Waals surface area (Å²) in [6.45, 7) is 1.82. The van der Waals surface area contributed by atoms with Gasteiger partial charge in [0.05, 0.1) is 0 Å². The minimum Gasteiger partial charge on any atom is -0.227 e. The van der Waals surface area contributed by atoms with Crippen LogP contribution in [0.2, 0.25) is 0 Å². The lowest BCUT2D eigenvalue weighted by Crippen LogP contribution is -2.62. The molecule has 0 fully saturated rings. The smallest absolute Gasteiger partial charge is 0.227 e. The molecular weight excluding hydrogens is 267 g/mol. The van der Waals surface area contributed by atoms with Crippen molar-refractivity contribution in [2.45, 2.75) is 44.2 Å². The van der Waals surface area contributed by atoms with E-state index in [-0.39, 0.29) is 0 Å². The molecule has 104 valence electrons. The number of hydrogen-bond donors (Lipinski definition) is 0. The van der Waals surface area contributed by atoms with Gasteiger partial charge < -0.3 is 0 Å². The Kier molecular flexibility index (Phi) is 4.08. The fourth-order valence-corrected chi connectivity index (χ4v) is 1.21. The summed E-state index contributed by atoms with van der Waals surface area (Å²) in [5, 5.41) is 0. The van der Waals surface area contributed by atoms with Crippen LogP contribution in [0.5, 0.6) is 0 Å². The molecule has 0 nitrogen and oxygen atoms in total. The van der Waals surface area contributed by atoms with E-state index < -0.39 is 36.3 Å². The van der Waals surface area contributed by atoms with Gasteiger partial charge >= 0.3 is 18.3 Å². The number of alkyl halides is 9. The van der Waals surface area contributed by atoms with Gasteiger partial charge in [0.15, 0.2) is 0 Å². The molecule has 0 radical (unpaired) electrons. The summed E-state index contributed by atoms with van der Waals surface area (Å²) in [7, 11) is 0. The quantitative estimate of drug-likeness (QED) is 0.666. The van der Waals surface area contributed by atoms with Crippen molar-refractivity contribution in [1.82, 2.24) is 0 Å². The van der Waals surface area contributed by atoms with Crippen molar-refractivity contribution in [3.8, 4) is 0 Å². The summed E-state index contributed by atoms with van der Waals surface area (Å²) < 4.78 is 110. The average Bonchev–Trinajstić information content (AvgIpc) is 1.97. The first-order valence-corrected chi connectivity index (χ1v) is 4.37. The molecule has 1 atom stereocenters. The average molecular weight is 276 g/mol. The van der Waals surface area contributed by atoms with E-state index in [1.165, 1.54) is 0 Å². The van der Waals surface area contributed by atoms with E-state index in [0.717, 1.165) is 13.8 Å². The van der Waals surface area contributed by atoms with E-state index in [1.807, 2.05) is 0 Å². The molecule has 9 heteroatoms. The van der Waals surface area contributed by atoms with Crippen molar-refractivity contribution < 1.29 is 39.5 Å². The molecule has 0 bridgehead atoms. The zero-order chi connectivity index (χ0) is 14.3. The molecule has 0 aliphatic carbocycles. The highest BCUT2D eigenvalue weighted by molar-refractivity contribution is 5.04. The van der Waals surface area contributed by atoms with Gasteiger partial charge in [-0.1, -0.05) is 13.8 Å². The van der Waals surface area contributed by atoms with Crippen molar-refractivity contribution in [1.29, 1.82) is 0 Å². The first-order valence-electron chi connectivity index (χ1n) is 4.37. The van der Waals surface area contributed by atoms with Crippen LogP contribution in [-0.2, 0) is 0 Å². The number of hydrogen-bond acceptors (Lipinski definition) is 0. The minimum absolute atomic E-state index is 0.909. The lowest BCUT2D eigenvalue weighted by molar-refractivity contribution is -0.386. The molecule has 0 aliphatic heterocycles. The molecule has 0 aromatic carbocycles. The van der Waals surface area contributed by atoms with Gasteiger partial charge in [-0.3, -0.25) is 0 Å². The van der Waals surface area contributed by atoms with Crippen molar-refractivity contribution in [3.63, 3.8) is 0 Å². The Morgan fingerprint density at radius 3 is 1.24 bits per heavy atom. The molecule has 0 saturated heterocycles. The number of rotatable bonds is 3. The van der Waals surface area contributed by atoms with Gasteiger partial charge in [-0.25, -0.2) is 4.39 Å². The highest BCUT2D eigenvalue weighted by Gasteiger charge is 2.80. The van der Waals surface area contributed by atoms with Crippen LogP contribution in [0.1, 0.15) is 20.3 Å². The van der Waals surface area contributed by atoms with E-state index in [2.05, 4.69) is 0 Å². The van der Waals surface area contributed by atoms with Crippen LogP contribution in [-0.4, -0.2) is 23.9 Å². The molecule has 0 aliphatic rings. The molecule has 1 unspecified atom stereocenters. The van der Waals surface area contributed by atoms with E-state index in [1.54, 1.807) is 0 Å². The maximum Gasteiger partial charge on any atom is 0.457 e. The molecular formula is C8H9F9. The van der Waals surface area contributed by atoms with E-state index in [4.69, 9.17) is 0 Å². The minimum atomic E-state index is -6.60. The zero-order valence-electron chi connectivity index (χ0n) is 8.69. The topological polar surface area (TPSA) is 0 Å². The second-order valence-electron chi connectivity index (χ2n) is 3.97. The van der Waals surface area contributed by atoms with Crippen LogP contribution in [0.4, 0.5) is 39.5 Å². The third-order valence-electron chi connectivity index (χ3n) is 1.99. The predicted octanol–water partition coefficient (Wildman–Crippen LogP) is 4.50. The van der Waals surface area contributed by atoms with Gasteiger partial charge in [0.1, 0.15) is 0 Å². The van der Waals surface area contributed by atoms with Crippen LogP contribution in [0.3, 0.4) is 0 Å². The summed E-state index contributed by atoms with van der Waals surface area (Å²) in [5.74, 6) is -7.81. The molecule has 0 aromatic heterocycles. The van der Waals surface area contributed by atoms with Gasteiger partial charge in [-0.15, -0.1) is 0 Å². The highest BCUT2D eigenvalue weighted by Crippen LogP contribution is 2.55. The van der Waals surface area contributed by atoms with Crippen molar-refractivity contribution in [2.24, 2.45) is 5.92 Å². The Morgan fingerprint density at radius 2 is 1.06 bits per heavy atom. The molecule has 0 heterocycles. The zero-order valence-corrected chi connectivity index (χ0v) is 8.69. The normalized spacial score (nSPS) is 18.4. The summed E-state index contributed by atoms with van der Waals surface area (Å²) in [5.41, 5.74) is -5.62. The summed E-state index contributed by atoms with van der Waals surface area (Å²) in [6, 6.07) is 0. The van der Waals surface area contributed by atoms with E-state index >= 15 is 0 Å². The van der Waals surface area contributed by atoms with Crippen LogP contribution < -0.4 is 0 Å². The highest BCUT2D eigenvalue weighted by atomic mass is 19.4. The third kappa shape index (κ3) is 2.79. The van der Waals surface area contributed by atoms with Gasteiger partial charge in [-0.2, -0.15) is 35.1 Å². The first-order chi connectivity index (χ1) is 7.17. The van der Waals surface area contributed by atoms with E-state index in [0.29, 0.717) is 0 Å². The van der Waals surface area contributed by atoms with Crippen LogP contribution >= 0.6 is 0 Å². The second-order valence-corrected chi connectivity index (χ2v) is 3.97. The largest absolute Gasteiger partial charge is 0.457 e. The van der Waals surface area contributed by atoms with Crippen molar-refractivity contribution in [2.75, 3.05) is 0 Å². The molecule has 0 spiro atoms. The van der Waals surface area contributed by atoms with Gasteiger partial charge in [0, 0.05) is 0 Å². The Balaban J connectivity index is 5.65. The van der Waals surface area contributed by atoms with Gasteiger partial charge in [-0.05, 0) is 12.3 Å². The maximum absolute atomic E-state index is 13.2. The summed E-state index contributed by atoms with van der Waals surface area (Å²) in [6.07, 6.45) is -14.9. The lowest BCUT2D eigenvalue weighted by atomic mass is 9.87. The standard InChI is InChI=1S/C8H9F9/c1-4(2)3-5(9,7(12,13)14)6(10,11)8(15,16)17/h4H,3H2,1-2H3. The van der Waals surface area contributed by atoms with Crippen LogP contribution in [0, 0.1) is 5.92 Å². The SMILES string of the molecule is CC(C)CC(F)(C(F)(F)F)C(F)(F)C(F)(F)F. The summed E-state index contributed by atoms with van der Waals surface area (Å²) in [4.78, 5) is 0. The molecule has 0 saturated carbocycles. The van der Waals surface area contributed by atoms with Crippen LogP contribution in [0.15, 0.2) is 0 Å².